The summed E-state index contributed by atoms with van der Waals surface area (Å²) in [5, 5.41) is 12.7. The van der Waals surface area contributed by atoms with Gasteiger partial charge in [-0.2, -0.15) is 5.10 Å². The van der Waals surface area contributed by atoms with E-state index in [1.165, 1.54) is 0 Å². The first-order chi connectivity index (χ1) is 11.8. The molecule has 0 atom stereocenters. The summed E-state index contributed by atoms with van der Waals surface area (Å²) in [5.41, 5.74) is 1.26. The number of sulfone groups is 1. The second kappa shape index (κ2) is 6.57. The highest BCUT2D eigenvalue weighted by molar-refractivity contribution is 7.92. The van der Waals surface area contributed by atoms with Gasteiger partial charge in [-0.15, -0.1) is 0 Å². The summed E-state index contributed by atoms with van der Waals surface area (Å²) in [7, 11) is -3.55. The lowest BCUT2D eigenvalue weighted by molar-refractivity contribution is -0.119. The van der Waals surface area contributed by atoms with Crippen LogP contribution in [0.2, 0.25) is 0 Å². The summed E-state index contributed by atoms with van der Waals surface area (Å²) >= 11 is 0. The number of nitrogens with one attached hydrogen (secondary N) is 3. The fraction of sp³-hybridized carbons (Fsp3) is 0.438. The predicted molar refractivity (Wildman–Crippen MR) is 94.9 cm³/mol. The number of benzene rings is 1. The number of hydrogen-bond donors (Lipinski definition) is 3. The number of amides is 1. The van der Waals surface area contributed by atoms with Crippen molar-refractivity contribution in [3.8, 4) is 11.4 Å². The Labute approximate surface area is 146 Å². The molecule has 9 heteroatoms. The van der Waals surface area contributed by atoms with Crippen molar-refractivity contribution in [3.05, 3.63) is 30.1 Å². The van der Waals surface area contributed by atoms with Gasteiger partial charge < -0.3 is 10.6 Å². The van der Waals surface area contributed by atoms with Crippen LogP contribution in [0.4, 0.5) is 5.69 Å². The van der Waals surface area contributed by atoms with Crippen molar-refractivity contribution in [3.63, 3.8) is 0 Å². The summed E-state index contributed by atoms with van der Waals surface area (Å²) in [4.78, 5) is 17.1. The van der Waals surface area contributed by atoms with Crippen LogP contribution in [-0.2, 0) is 14.6 Å². The molecule has 0 radical (unpaired) electrons. The van der Waals surface area contributed by atoms with Crippen LogP contribution in [0.15, 0.2) is 24.3 Å². The van der Waals surface area contributed by atoms with E-state index in [4.69, 9.17) is 0 Å². The molecule has 0 spiro atoms. The van der Waals surface area contributed by atoms with E-state index in [0.717, 1.165) is 11.8 Å². The summed E-state index contributed by atoms with van der Waals surface area (Å²) < 4.78 is 23.2. The van der Waals surface area contributed by atoms with Crippen molar-refractivity contribution in [2.45, 2.75) is 24.5 Å². The molecule has 3 N–H and O–H groups in total. The molecular formula is C16H21N5O3S. The lowest BCUT2D eigenvalue weighted by Crippen LogP contribution is -2.55. The first kappa shape index (κ1) is 17.6. The number of aryl methyl sites for hydroxylation is 1. The smallest absolute Gasteiger partial charge is 0.245 e. The van der Waals surface area contributed by atoms with Crippen molar-refractivity contribution in [1.82, 2.24) is 20.5 Å². The molecule has 0 unspecified atom stereocenters. The van der Waals surface area contributed by atoms with Gasteiger partial charge in [0.2, 0.25) is 5.91 Å². The standard InChI is InChI=1S/C16H21N5O3S/c1-11-18-14(21-20-11)12-4-3-5-13(10-12)19-15(22)16(25(2,23)24)6-8-17-9-7-16/h3-5,10,17H,6-9H2,1-2H3,(H,19,22)(H,18,20,21). The molecule has 1 aromatic carbocycles. The molecule has 1 aliphatic rings. The van der Waals surface area contributed by atoms with E-state index in [2.05, 4.69) is 25.8 Å². The normalized spacial score (nSPS) is 17.2. The van der Waals surface area contributed by atoms with Gasteiger partial charge in [-0.1, -0.05) is 12.1 Å². The van der Waals surface area contributed by atoms with Gasteiger partial charge >= 0.3 is 0 Å². The first-order valence-corrected chi connectivity index (χ1v) is 9.92. The SMILES string of the molecule is Cc1nc(-c2cccc(NC(=O)C3(S(C)(=O)=O)CCNCC3)c2)n[nH]1. The molecule has 134 valence electrons. The molecule has 2 aromatic rings. The van der Waals surface area contributed by atoms with Crippen LogP contribution >= 0.6 is 0 Å². The summed E-state index contributed by atoms with van der Waals surface area (Å²) in [6, 6.07) is 7.05. The number of nitrogens with zero attached hydrogens (tertiary/aromatic N) is 2. The topological polar surface area (TPSA) is 117 Å². The van der Waals surface area contributed by atoms with E-state index < -0.39 is 20.5 Å². The number of carbonyl (C=O) groups excluding carboxylic acids is 1. The van der Waals surface area contributed by atoms with Crippen LogP contribution in [0.5, 0.6) is 0 Å². The molecule has 8 nitrogen and oxygen atoms in total. The lowest BCUT2D eigenvalue weighted by Gasteiger charge is -2.34. The van der Waals surface area contributed by atoms with E-state index in [0.29, 0.717) is 30.4 Å². The van der Waals surface area contributed by atoms with Gasteiger partial charge in [-0.25, -0.2) is 13.4 Å². The highest BCUT2D eigenvalue weighted by Crippen LogP contribution is 2.30. The van der Waals surface area contributed by atoms with Crippen LogP contribution in [0.3, 0.4) is 0 Å². The molecule has 1 aromatic heterocycles. The number of hydrogen-bond acceptors (Lipinski definition) is 6. The van der Waals surface area contributed by atoms with E-state index in [-0.39, 0.29) is 12.8 Å². The molecule has 1 fully saturated rings. The second-order valence-electron chi connectivity index (χ2n) is 6.30. The van der Waals surface area contributed by atoms with E-state index in [1.807, 2.05) is 6.07 Å². The summed E-state index contributed by atoms with van der Waals surface area (Å²) in [6.07, 6.45) is 1.65. The van der Waals surface area contributed by atoms with Crippen LogP contribution in [0.1, 0.15) is 18.7 Å². The molecule has 0 saturated carbocycles. The molecular weight excluding hydrogens is 342 g/mol. The highest BCUT2D eigenvalue weighted by atomic mass is 32.2. The third kappa shape index (κ3) is 3.42. The zero-order chi connectivity index (χ0) is 18.1. The Bertz CT molecular complexity index is 885. The number of aromatic amines is 1. The van der Waals surface area contributed by atoms with Gasteiger partial charge in [0.15, 0.2) is 20.4 Å². The van der Waals surface area contributed by atoms with Gasteiger partial charge in [0, 0.05) is 17.5 Å². The Hall–Kier alpha value is -2.26. The number of H-pyrrole nitrogens is 1. The van der Waals surface area contributed by atoms with Crippen molar-refractivity contribution < 1.29 is 13.2 Å². The molecule has 1 saturated heterocycles. The summed E-state index contributed by atoms with van der Waals surface area (Å²) in [6.45, 7) is 2.79. The van der Waals surface area contributed by atoms with Gasteiger partial charge in [0.25, 0.3) is 0 Å². The Kier molecular flexibility index (Phi) is 4.61. The third-order valence-electron chi connectivity index (χ3n) is 4.51. The first-order valence-electron chi connectivity index (χ1n) is 8.03. The number of rotatable bonds is 4. The number of aromatic nitrogens is 3. The lowest BCUT2D eigenvalue weighted by atomic mass is 9.95. The molecule has 25 heavy (non-hydrogen) atoms. The van der Waals surface area contributed by atoms with E-state index in [1.54, 1.807) is 25.1 Å². The Morgan fingerprint density at radius 2 is 2.00 bits per heavy atom. The Morgan fingerprint density at radius 1 is 1.28 bits per heavy atom. The summed E-state index contributed by atoms with van der Waals surface area (Å²) in [5.74, 6) is 0.725. The largest absolute Gasteiger partial charge is 0.325 e. The predicted octanol–water partition coefficient (Wildman–Crippen LogP) is 0.885. The minimum atomic E-state index is -3.55. The monoisotopic (exact) mass is 363 g/mol. The molecule has 3 rings (SSSR count). The molecule has 1 amide bonds. The third-order valence-corrected chi connectivity index (χ3v) is 6.52. The minimum Gasteiger partial charge on any atom is -0.325 e. The van der Waals surface area contributed by atoms with Crippen LogP contribution in [-0.4, -0.2) is 53.6 Å². The molecule has 1 aliphatic heterocycles. The van der Waals surface area contributed by atoms with Crippen molar-refractivity contribution in [2.75, 3.05) is 24.7 Å². The van der Waals surface area contributed by atoms with Crippen LogP contribution in [0.25, 0.3) is 11.4 Å². The zero-order valence-electron chi connectivity index (χ0n) is 14.2. The van der Waals surface area contributed by atoms with E-state index >= 15 is 0 Å². The van der Waals surface area contributed by atoms with Gasteiger partial charge in [0.1, 0.15) is 5.82 Å². The quantitative estimate of drug-likeness (QED) is 0.743. The maximum Gasteiger partial charge on any atom is 0.245 e. The van der Waals surface area contributed by atoms with E-state index in [9.17, 15) is 13.2 Å². The van der Waals surface area contributed by atoms with Crippen molar-refractivity contribution >= 4 is 21.4 Å². The number of carbonyl (C=O) groups is 1. The average molecular weight is 363 g/mol. The zero-order valence-corrected chi connectivity index (χ0v) is 15.0. The molecule has 0 bridgehead atoms. The second-order valence-corrected chi connectivity index (χ2v) is 8.62. The maximum absolute atomic E-state index is 12.8. The number of piperidine rings is 1. The fourth-order valence-corrected chi connectivity index (χ4v) is 4.38. The number of anilines is 1. The average Bonchev–Trinajstić information content (AvgIpc) is 3.01. The fourth-order valence-electron chi connectivity index (χ4n) is 3.05. The van der Waals surface area contributed by atoms with Crippen LogP contribution < -0.4 is 10.6 Å². The van der Waals surface area contributed by atoms with Crippen molar-refractivity contribution in [2.24, 2.45) is 0 Å². The Balaban J connectivity index is 1.87. The maximum atomic E-state index is 12.8. The minimum absolute atomic E-state index is 0.261. The van der Waals surface area contributed by atoms with Crippen LogP contribution in [0, 0.1) is 6.92 Å². The molecule has 2 heterocycles. The van der Waals surface area contributed by atoms with Crippen molar-refractivity contribution in [1.29, 1.82) is 0 Å². The molecule has 0 aliphatic carbocycles. The highest BCUT2D eigenvalue weighted by Gasteiger charge is 2.48. The van der Waals surface area contributed by atoms with Gasteiger partial charge in [-0.05, 0) is 45.0 Å². The van der Waals surface area contributed by atoms with Gasteiger partial charge in [0.05, 0.1) is 0 Å². The Morgan fingerprint density at radius 3 is 2.60 bits per heavy atom. The van der Waals surface area contributed by atoms with Gasteiger partial charge in [-0.3, -0.25) is 9.89 Å².